The molecule has 1 aliphatic rings. The van der Waals surface area contributed by atoms with Gasteiger partial charge in [-0.2, -0.15) is 11.8 Å². The summed E-state index contributed by atoms with van der Waals surface area (Å²) in [6.45, 7) is 4.31. The summed E-state index contributed by atoms with van der Waals surface area (Å²) < 4.78 is 13.1. The van der Waals surface area contributed by atoms with Crippen molar-refractivity contribution in [2.75, 3.05) is 16.8 Å². The Balaban J connectivity index is 2.25. The van der Waals surface area contributed by atoms with Crippen LogP contribution in [-0.4, -0.2) is 22.5 Å². The molecule has 1 atom stereocenters. The Hall–Kier alpha value is -1.30. The molecule has 1 fully saturated rings. The molecule has 1 aromatic carbocycles. The Morgan fingerprint density at radius 3 is 2.89 bits per heavy atom. The maximum Gasteiger partial charge on any atom is 0.295 e. The third kappa shape index (κ3) is 3.18. The maximum absolute atomic E-state index is 13.1. The lowest BCUT2D eigenvalue weighted by Gasteiger charge is -2.39. The fourth-order valence-corrected chi connectivity index (χ4v) is 3.75. The van der Waals surface area contributed by atoms with Crippen LogP contribution in [0.4, 0.5) is 15.8 Å². The summed E-state index contributed by atoms with van der Waals surface area (Å²) >= 11 is 1.84. The maximum atomic E-state index is 13.1. The van der Waals surface area contributed by atoms with Gasteiger partial charge in [0.05, 0.1) is 11.0 Å². The highest BCUT2D eigenvalue weighted by molar-refractivity contribution is 7.99. The van der Waals surface area contributed by atoms with Gasteiger partial charge in [-0.05, 0) is 29.7 Å². The first-order chi connectivity index (χ1) is 8.90. The zero-order valence-electron chi connectivity index (χ0n) is 11.0. The van der Waals surface area contributed by atoms with Gasteiger partial charge in [-0.15, -0.1) is 0 Å². The van der Waals surface area contributed by atoms with Gasteiger partial charge < -0.3 is 5.32 Å². The molecule has 1 N–H and O–H groups in total. The zero-order valence-corrected chi connectivity index (χ0v) is 11.8. The van der Waals surface area contributed by atoms with Gasteiger partial charge in [0.25, 0.3) is 5.69 Å². The second-order valence-electron chi connectivity index (χ2n) is 5.43. The van der Waals surface area contributed by atoms with Crippen LogP contribution in [0, 0.1) is 21.3 Å². The minimum atomic E-state index is -0.588. The molecule has 1 aromatic rings. The first-order valence-electron chi connectivity index (χ1n) is 6.18. The number of hydrogen-bond acceptors (Lipinski definition) is 4. The zero-order chi connectivity index (χ0) is 14.0. The van der Waals surface area contributed by atoms with E-state index in [0.717, 1.165) is 24.0 Å². The molecular weight excluding hydrogens is 267 g/mol. The lowest BCUT2D eigenvalue weighted by atomic mass is 9.82. The van der Waals surface area contributed by atoms with Crippen LogP contribution in [0.2, 0.25) is 0 Å². The first-order valence-corrected chi connectivity index (χ1v) is 7.34. The molecular formula is C13H17FN2O2S. The summed E-state index contributed by atoms with van der Waals surface area (Å²) in [6, 6.07) is 3.81. The SMILES string of the molecule is CC1(C)CCSCC1Nc1ccc(F)cc1[N+](=O)[O-]. The summed E-state index contributed by atoms with van der Waals surface area (Å²) in [7, 11) is 0. The van der Waals surface area contributed by atoms with Crippen LogP contribution < -0.4 is 5.32 Å². The molecule has 104 valence electrons. The van der Waals surface area contributed by atoms with Crippen LogP contribution in [0.25, 0.3) is 0 Å². The smallest absolute Gasteiger partial charge is 0.295 e. The highest BCUT2D eigenvalue weighted by Gasteiger charge is 2.33. The van der Waals surface area contributed by atoms with Gasteiger partial charge in [0, 0.05) is 11.8 Å². The Morgan fingerprint density at radius 1 is 1.53 bits per heavy atom. The summed E-state index contributed by atoms with van der Waals surface area (Å²) in [5, 5.41) is 14.2. The number of hydrogen-bond donors (Lipinski definition) is 1. The fraction of sp³-hybridized carbons (Fsp3) is 0.538. The summed E-state index contributed by atoms with van der Waals surface area (Å²) in [5.41, 5.74) is 0.270. The van der Waals surface area contributed by atoms with Gasteiger partial charge in [-0.1, -0.05) is 13.8 Å². The van der Waals surface area contributed by atoms with Crippen LogP contribution in [0.5, 0.6) is 0 Å². The molecule has 1 unspecified atom stereocenters. The van der Waals surface area contributed by atoms with Gasteiger partial charge in [-0.3, -0.25) is 10.1 Å². The van der Waals surface area contributed by atoms with Gasteiger partial charge in [0.2, 0.25) is 0 Å². The Morgan fingerprint density at radius 2 is 2.26 bits per heavy atom. The minimum Gasteiger partial charge on any atom is -0.375 e. The molecule has 0 radical (unpaired) electrons. The van der Waals surface area contributed by atoms with Crippen molar-refractivity contribution in [2.45, 2.75) is 26.3 Å². The lowest BCUT2D eigenvalue weighted by molar-refractivity contribution is -0.384. The molecule has 4 nitrogen and oxygen atoms in total. The van der Waals surface area contributed by atoms with Crippen molar-refractivity contribution >= 4 is 23.1 Å². The number of benzene rings is 1. The summed E-state index contributed by atoms with van der Waals surface area (Å²) in [5.74, 6) is 1.42. The van der Waals surface area contributed by atoms with Crippen LogP contribution in [0.15, 0.2) is 18.2 Å². The number of anilines is 1. The van der Waals surface area contributed by atoms with Gasteiger partial charge in [-0.25, -0.2) is 4.39 Å². The minimum absolute atomic E-state index is 0.0769. The average molecular weight is 284 g/mol. The average Bonchev–Trinajstić information content (AvgIpc) is 2.33. The third-order valence-corrected chi connectivity index (χ3v) is 4.67. The Bertz CT molecular complexity index is 494. The largest absolute Gasteiger partial charge is 0.375 e. The highest BCUT2D eigenvalue weighted by Crippen LogP contribution is 2.37. The van der Waals surface area contributed by atoms with E-state index < -0.39 is 10.7 Å². The van der Waals surface area contributed by atoms with Crippen molar-refractivity contribution in [3.05, 3.63) is 34.1 Å². The number of nitro groups is 1. The molecule has 1 heterocycles. The van der Waals surface area contributed by atoms with E-state index in [0.29, 0.717) is 5.69 Å². The van der Waals surface area contributed by atoms with E-state index in [9.17, 15) is 14.5 Å². The molecule has 2 rings (SSSR count). The van der Waals surface area contributed by atoms with Crippen LogP contribution >= 0.6 is 11.8 Å². The fourth-order valence-electron chi connectivity index (χ4n) is 2.14. The number of rotatable bonds is 3. The van der Waals surface area contributed by atoms with Crippen molar-refractivity contribution in [2.24, 2.45) is 5.41 Å². The van der Waals surface area contributed by atoms with E-state index in [4.69, 9.17) is 0 Å². The van der Waals surface area contributed by atoms with E-state index in [1.807, 2.05) is 11.8 Å². The van der Waals surface area contributed by atoms with Crippen LogP contribution in [-0.2, 0) is 0 Å². The third-order valence-electron chi connectivity index (χ3n) is 3.60. The second-order valence-corrected chi connectivity index (χ2v) is 6.58. The number of nitrogens with one attached hydrogen (secondary N) is 1. The van der Waals surface area contributed by atoms with Gasteiger partial charge in [0.15, 0.2) is 0 Å². The Kier molecular flexibility index (Phi) is 3.99. The van der Waals surface area contributed by atoms with E-state index in [-0.39, 0.29) is 17.1 Å². The van der Waals surface area contributed by atoms with Crippen molar-refractivity contribution in [1.29, 1.82) is 0 Å². The number of nitro benzene ring substituents is 1. The van der Waals surface area contributed by atoms with Crippen molar-refractivity contribution in [3.8, 4) is 0 Å². The van der Waals surface area contributed by atoms with Gasteiger partial charge in [0.1, 0.15) is 11.5 Å². The highest BCUT2D eigenvalue weighted by atomic mass is 32.2. The topological polar surface area (TPSA) is 55.2 Å². The Labute approximate surface area is 115 Å². The van der Waals surface area contributed by atoms with Crippen molar-refractivity contribution < 1.29 is 9.31 Å². The van der Waals surface area contributed by atoms with Crippen molar-refractivity contribution in [3.63, 3.8) is 0 Å². The van der Waals surface area contributed by atoms with E-state index >= 15 is 0 Å². The summed E-state index contributed by atoms with van der Waals surface area (Å²) in [4.78, 5) is 10.4. The summed E-state index contributed by atoms with van der Waals surface area (Å²) in [6.07, 6.45) is 1.06. The normalized spacial score (nSPS) is 21.9. The molecule has 0 amide bonds. The molecule has 1 aliphatic heterocycles. The number of nitrogens with zero attached hydrogens (tertiary/aromatic N) is 1. The number of thioether (sulfide) groups is 1. The lowest BCUT2D eigenvalue weighted by Crippen LogP contribution is -2.41. The molecule has 0 aliphatic carbocycles. The second kappa shape index (κ2) is 5.36. The molecule has 0 bridgehead atoms. The van der Waals surface area contributed by atoms with E-state index in [1.165, 1.54) is 12.1 Å². The molecule has 19 heavy (non-hydrogen) atoms. The van der Waals surface area contributed by atoms with E-state index in [2.05, 4.69) is 19.2 Å². The standard InChI is InChI=1S/C13H17FN2O2S/c1-13(2)5-6-19-8-12(13)15-10-4-3-9(14)7-11(10)16(17)18/h3-4,7,12,15H,5-6,8H2,1-2H3. The van der Waals surface area contributed by atoms with Crippen LogP contribution in [0.1, 0.15) is 20.3 Å². The van der Waals surface area contributed by atoms with Crippen molar-refractivity contribution in [1.82, 2.24) is 0 Å². The molecule has 0 saturated carbocycles. The van der Waals surface area contributed by atoms with Crippen LogP contribution in [0.3, 0.4) is 0 Å². The first kappa shape index (κ1) is 14.1. The predicted octanol–water partition coefficient (Wildman–Crippen LogP) is 3.68. The molecule has 0 spiro atoms. The van der Waals surface area contributed by atoms with Gasteiger partial charge >= 0.3 is 0 Å². The number of halogens is 1. The molecule has 6 heteroatoms. The predicted molar refractivity (Wildman–Crippen MR) is 76.2 cm³/mol. The molecule has 1 saturated heterocycles. The molecule has 0 aromatic heterocycles. The quantitative estimate of drug-likeness (QED) is 0.679. The van der Waals surface area contributed by atoms with E-state index in [1.54, 1.807) is 0 Å². The monoisotopic (exact) mass is 284 g/mol.